The molecule has 10 atom stereocenters. The number of hydrogen-bond donors (Lipinski definition) is 9. The van der Waals surface area contributed by atoms with Gasteiger partial charge in [-0.3, -0.25) is 4.79 Å². The minimum atomic E-state index is -1.86. The molecule has 0 saturated carbocycles. The maximum Gasteiger partial charge on any atom is 0.197 e. The zero-order valence-corrected chi connectivity index (χ0v) is 21.5. The van der Waals surface area contributed by atoms with Gasteiger partial charge in [-0.2, -0.15) is 0 Å². The third-order valence-electron chi connectivity index (χ3n) is 7.41. The van der Waals surface area contributed by atoms with Crippen LogP contribution in [0.25, 0.3) is 22.3 Å². The number of phenolic OH excluding ortho intramolecular Hbond substituents is 3. The summed E-state index contributed by atoms with van der Waals surface area (Å²) in [5.74, 6) is -1.42. The van der Waals surface area contributed by atoms with Gasteiger partial charge in [0.2, 0.25) is 0 Å². The molecule has 2 aliphatic heterocycles. The molecule has 41 heavy (non-hydrogen) atoms. The molecule has 222 valence electrons. The van der Waals surface area contributed by atoms with E-state index in [0.717, 1.165) is 12.1 Å². The molecule has 0 amide bonds. The number of rotatable bonds is 5. The monoisotopic (exact) mass is 578 g/mol. The Kier molecular flexibility index (Phi) is 7.95. The van der Waals surface area contributed by atoms with Gasteiger partial charge < -0.3 is 64.6 Å². The van der Waals surface area contributed by atoms with E-state index < -0.39 is 90.3 Å². The summed E-state index contributed by atoms with van der Waals surface area (Å²) in [5, 5.41) is 93.1. The fourth-order valence-electron chi connectivity index (χ4n) is 5.11. The molecule has 14 heteroatoms. The van der Waals surface area contributed by atoms with Crippen LogP contribution in [0.3, 0.4) is 0 Å². The second-order valence-electron chi connectivity index (χ2n) is 10.1. The molecule has 0 aliphatic carbocycles. The molecule has 0 radical (unpaired) electrons. The summed E-state index contributed by atoms with van der Waals surface area (Å²) in [7, 11) is 0. The minimum absolute atomic E-state index is 0.0131. The summed E-state index contributed by atoms with van der Waals surface area (Å²) < 4.78 is 22.6. The zero-order valence-electron chi connectivity index (χ0n) is 21.5. The molecule has 0 bridgehead atoms. The van der Waals surface area contributed by atoms with Crippen molar-refractivity contribution >= 4 is 11.0 Å². The van der Waals surface area contributed by atoms with Crippen LogP contribution in [0.1, 0.15) is 18.6 Å². The summed E-state index contributed by atoms with van der Waals surface area (Å²) >= 11 is 0. The number of aromatic hydroxyl groups is 3. The Bertz CT molecular complexity index is 1460. The van der Waals surface area contributed by atoms with Crippen molar-refractivity contribution in [3.05, 3.63) is 52.2 Å². The quantitative estimate of drug-likeness (QED) is 0.175. The number of fused-ring (bicyclic) bond motifs is 1. The zero-order chi connectivity index (χ0) is 29.7. The number of aliphatic hydroxyl groups is 6. The summed E-state index contributed by atoms with van der Waals surface area (Å²) in [5.41, 5.74) is -0.985. The first-order chi connectivity index (χ1) is 19.4. The van der Waals surface area contributed by atoms with E-state index in [9.17, 15) is 50.8 Å². The van der Waals surface area contributed by atoms with Crippen LogP contribution in [-0.4, -0.2) is 108 Å². The first kappa shape index (κ1) is 29.2. The normalized spacial score (nSPS) is 34.1. The molecule has 2 fully saturated rings. The van der Waals surface area contributed by atoms with Gasteiger partial charge >= 0.3 is 0 Å². The van der Waals surface area contributed by atoms with Crippen LogP contribution < -0.4 is 5.43 Å². The highest BCUT2D eigenvalue weighted by molar-refractivity contribution is 5.88. The van der Waals surface area contributed by atoms with Crippen molar-refractivity contribution < 1.29 is 64.6 Å². The van der Waals surface area contributed by atoms with Crippen LogP contribution in [0.15, 0.2) is 45.6 Å². The van der Waals surface area contributed by atoms with Gasteiger partial charge in [-0.25, -0.2) is 0 Å². The molecule has 2 saturated heterocycles. The number of phenols is 3. The van der Waals surface area contributed by atoms with E-state index in [0.29, 0.717) is 5.56 Å². The molecular weight excluding hydrogens is 548 g/mol. The number of ether oxygens (including phenoxy) is 3. The van der Waals surface area contributed by atoms with Crippen molar-refractivity contribution in [2.75, 3.05) is 6.61 Å². The van der Waals surface area contributed by atoms with Gasteiger partial charge in [-0.05, 0) is 31.2 Å². The maximum atomic E-state index is 13.1. The Morgan fingerprint density at radius 2 is 1.54 bits per heavy atom. The second-order valence-corrected chi connectivity index (χ2v) is 10.1. The molecule has 14 nitrogen and oxygen atoms in total. The average molecular weight is 579 g/mol. The van der Waals surface area contributed by atoms with E-state index in [1.165, 1.54) is 31.2 Å². The van der Waals surface area contributed by atoms with Gasteiger partial charge in [0.1, 0.15) is 82.8 Å². The van der Waals surface area contributed by atoms with Crippen molar-refractivity contribution in [3.8, 4) is 28.6 Å². The largest absolute Gasteiger partial charge is 0.508 e. The van der Waals surface area contributed by atoms with E-state index in [4.69, 9.17) is 18.6 Å². The smallest absolute Gasteiger partial charge is 0.197 e. The van der Waals surface area contributed by atoms with Crippen molar-refractivity contribution in [1.29, 1.82) is 0 Å². The Balaban J connectivity index is 1.59. The van der Waals surface area contributed by atoms with Crippen LogP contribution in [0.4, 0.5) is 0 Å². The van der Waals surface area contributed by atoms with Crippen molar-refractivity contribution in [2.24, 2.45) is 0 Å². The number of aliphatic hydroxyl groups excluding tert-OH is 6. The number of hydrogen-bond acceptors (Lipinski definition) is 14. The van der Waals surface area contributed by atoms with E-state index in [1.54, 1.807) is 0 Å². The van der Waals surface area contributed by atoms with Crippen LogP contribution in [0, 0.1) is 0 Å². The SMILES string of the molecule is C[C@@H]1O[C@H](O[C@@H]2[C@@H](O)[C@H](O)[C@@H](CO)O[C@H]2c2c(O)cc3oc(-c4ccc(O)cc4)cc(=O)c3c2O)[C@H](O)[C@H](O)[C@H]1O. The molecule has 9 N–H and O–H groups in total. The summed E-state index contributed by atoms with van der Waals surface area (Å²) in [6, 6.07) is 7.85. The lowest BCUT2D eigenvalue weighted by atomic mass is 9.89. The van der Waals surface area contributed by atoms with Crippen molar-refractivity contribution in [3.63, 3.8) is 0 Å². The fraction of sp³-hybridized carbons (Fsp3) is 0.444. The third-order valence-corrected chi connectivity index (χ3v) is 7.41. The first-order valence-electron chi connectivity index (χ1n) is 12.7. The standard InChI is InChI=1S/C27H30O14/c1-9-19(32)22(35)24(37)27(38-9)41-26-23(36)20(33)16(8-28)40-25(26)18-13(31)7-15-17(21(18)34)12(30)6-14(39-15)10-2-4-11(29)5-3-10/h2-7,9,16,19-20,22-29,31-37H,8H2,1H3/t9-,16+,19-,20+,22+,23-,24+,25-,26+,27+/m0/s1. The summed E-state index contributed by atoms with van der Waals surface area (Å²) in [6.07, 6.45) is -16.1. The van der Waals surface area contributed by atoms with Gasteiger partial charge in [0.15, 0.2) is 11.7 Å². The Labute approximate surface area is 231 Å². The molecule has 5 rings (SSSR count). The predicted molar refractivity (Wildman–Crippen MR) is 137 cm³/mol. The van der Waals surface area contributed by atoms with Gasteiger partial charge in [-0.15, -0.1) is 0 Å². The van der Waals surface area contributed by atoms with Crippen LogP contribution in [-0.2, 0) is 14.2 Å². The Hall–Kier alpha value is -3.31. The van der Waals surface area contributed by atoms with E-state index in [-0.39, 0.29) is 22.5 Å². The van der Waals surface area contributed by atoms with Crippen molar-refractivity contribution in [1.82, 2.24) is 0 Å². The van der Waals surface area contributed by atoms with Gasteiger partial charge in [0.05, 0.1) is 18.3 Å². The summed E-state index contributed by atoms with van der Waals surface area (Å²) in [4.78, 5) is 13.1. The Morgan fingerprint density at radius 1 is 0.854 bits per heavy atom. The maximum absolute atomic E-state index is 13.1. The highest BCUT2D eigenvalue weighted by atomic mass is 16.7. The number of benzene rings is 2. The van der Waals surface area contributed by atoms with Crippen LogP contribution >= 0.6 is 0 Å². The lowest BCUT2D eigenvalue weighted by molar-refractivity contribution is -0.338. The van der Waals surface area contributed by atoms with Crippen molar-refractivity contribution in [2.45, 2.75) is 68.1 Å². The molecule has 0 unspecified atom stereocenters. The molecule has 1 aromatic heterocycles. The van der Waals surface area contributed by atoms with E-state index >= 15 is 0 Å². The highest BCUT2D eigenvalue weighted by Gasteiger charge is 2.51. The third kappa shape index (κ3) is 5.14. The molecule has 2 aromatic carbocycles. The molecule has 0 spiro atoms. The molecule has 3 heterocycles. The van der Waals surface area contributed by atoms with E-state index in [1.807, 2.05) is 0 Å². The Morgan fingerprint density at radius 3 is 2.20 bits per heavy atom. The second kappa shape index (κ2) is 11.2. The van der Waals surface area contributed by atoms with Gasteiger partial charge in [0, 0.05) is 17.7 Å². The highest BCUT2D eigenvalue weighted by Crippen LogP contribution is 2.46. The lowest BCUT2D eigenvalue weighted by Crippen LogP contribution is -2.61. The topological polar surface area (TPSA) is 240 Å². The fourth-order valence-corrected chi connectivity index (χ4v) is 5.11. The van der Waals surface area contributed by atoms with Crippen LogP contribution in [0.2, 0.25) is 0 Å². The molecule has 2 aliphatic rings. The van der Waals surface area contributed by atoms with Gasteiger partial charge in [-0.1, -0.05) is 0 Å². The van der Waals surface area contributed by atoms with Crippen LogP contribution in [0.5, 0.6) is 17.2 Å². The minimum Gasteiger partial charge on any atom is -0.508 e. The summed E-state index contributed by atoms with van der Waals surface area (Å²) in [6.45, 7) is 0.601. The molecule has 3 aromatic rings. The van der Waals surface area contributed by atoms with E-state index in [2.05, 4.69) is 0 Å². The predicted octanol–water partition coefficient (Wildman–Crippen LogP) is -1.06. The lowest BCUT2D eigenvalue weighted by Gasteiger charge is -2.46. The van der Waals surface area contributed by atoms with Gasteiger partial charge in [0.25, 0.3) is 0 Å². The first-order valence-corrected chi connectivity index (χ1v) is 12.7. The average Bonchev–Trinajstić information content (AvgIpc) is 2.93. The molecular formula is C27H30O14.